The molecule has 20 heavy (non-hydrogen) atoms. The van der Waals surface area contributed by atoms with Gasteiger partial charge in [-0.05, 0) is 25.5 Å². The maximum atomic E-state index is 5.78. The molecule has 1 aromatic carbocycles. The molecule has 0 aliphatic heterocycles. The van der Waals surface area contributed by atoms with Crippen LogP contribution in [0.15, 0.2) is 30.3 Å². The second-order valence-corrected chi connectivity index (χ2v) is 4.58. The molecule has 0 bridgehead atoms. The predicted molar refractivity (Wildman–Crippen MR) is 78.3 cm³/mol. The predicted octanol–water partition coefficient (Wildman–Crippen LogP) is 1.91. The molecule has 1 unspecified atom stereocenters. The summed E-state index contributed by atoms with van der Waals surface area (Å²) in [4.78, 5) is 0. The Labute approximate surface area is 119 Å². The Bertz CT molecular complexity index is 586. The van der Waals surface area contributed by atoms with Gasteiger partial charge in [-0.15, -0.1) is 0 Å². The van der Waals surface area contributed by atoms with Crippen molar-refractivity contribution in [2.45, 2.75) is 26.3 Å². The molecule has 2 rings (SSSR count). The monoisotopic (exact) mass is 272 g/mol. The van der Waals surface area contributed by atoms with Crippen molar-refractivity contribution in [1.29, 1.82) is 0 Å². The SMILES string of the molecule is CCc1nnc(C)cc1C(NN)c1ccccc1OC. The Kier molecular flexibility index (Phi) is 4.65. The Morgan fingerprint density at radius 2 is 2.00 bits per heavy atom. The summed E-state index contributed by atoms with van der Waals surface area (Å²) in [6, 6.07) is 9.67. The van der Waals surface area contributed by atoms with E-state index in [-0.39, 0.29) is 6.04 Å². The average Bonchev–Trinajstić information content (AvgIpc) is 2.49. The van der Waals surface area contributed by atoms with Crippen molar-refractivity contribution >= 4 is 0 Å². The average molecular weight is 272 g/mol. The van der Waals surface area contributed by atoms with E-state index in [9.17, 15) is 0 Å². The van der Waals surface area contributed by atoms with Crippen LogP contribution in [0.3, 0.4) is 0 Å². The van der Waals surface area contributed by atoms with Crippen LogP contribution in [0.1, 0.15) is 35.5 Å². The number of methoxy groups -OCH3 is 1. The van der Waals surface area contributed by atoms with Gasteiger partial charge < -0.3 is 4.74 Å². The molecule has 0 aliphatic carbocycles. The van der Waals surface area contributed by atoms with E-state index in [1.807, 2.05) is 37.3 Å². The number of hydrazine groups is 1. The Balaban J connectivity index is 2.55. The minimum Gasteiger partial charge on any atom is -0.496 e. The largest absolute Gasteiger partial charge is 0.496 e. The van der Waals surface area contributed by atoms with E-state index in [1.54, 1.807) is 7.11 Å². The molecule has 0 fully saturated rings. The number of para-hydroxylation sites is 1. The van der Waals surface area contributed by atoms with Gasteiger partial charge in [-0.3, -0.25) is 5.84 Å². The number of aryl methyl sites for hydroxylation is 2. The van der Waals surface area contributed by atoms with Crippen LogP contribution < -0.4 is 16.0 Å². The van der Waals surface area contributed by atoms with E-state index in [0.717, 1.165) is 34.7 Å². The van der Waals surface area contributed by atoms with Crippen molar-refractivity contribution in [2.24, 2.45) is 5.84 Å². The standard InChI is InChI=1S/C15H20N4O/c1-4-13-12(9-10(2)18-19-13)15(17-16)11-7-5-6-8-14(11)20-3/h5-9,15,17H,4,16H2,1-3H3. The molecule has 0 radical (unpaired) electrons. The molecule has 5 nitrogen and oxygen atoms in total. The van der Waals surface area contributed by atoms with Crippen molar-refractivity contribution in [3.05, 3.63) is 52.8 Å². The number of hydrogen-bond donors (Lipinski definition) is 2. The van der Waals surface area contributed by atoms with Crippen LogP contribution in [0.5, 0.6) is 5.75 Å². The number of hydrogen-bond acceptors (Lipinski definition) is 5. The lowest BCUT2D eigenvalue weighted by Crippen LogP contribution is -2.30. The van der Waals surface area contributed by atoms with Gasteiger partial charge in [0, 0.05) is 11.1 Å². The van der Waals surface area contributed by atoms with Crippen molar-refractivity contribution in [3.63, 3.8) is 0 Å². The first-order valence-corrected chi connectivity index (χ1v) is 6.63. The summed E-state index contributed by atoms with van der Waals surface area (Å²) in [5.74, 6) is 6.58. The van der Waals surface area contributed by atoms with Crippen molar-refractivity contribution in [3.8, 4) is 5.75 Å². The van der Waals surface area contributed by atoms with Gasteiger partial charge in [0.1, 0.15) is 5.75 Å². The number of nitrogens with one attached hydrogen (secondary N) is 1. The summed E-state index contributed by atoms with van der Waals surface area (Å²) in [7, 11) is 1.66. The van der Waals surface area contributed by atoms with Crippen LogP contribution in [0, 0.1) is 6.92 Å². The number of nitrogens with two attached hydrogens (primary N) is 1. The van der Waals surface area contributed by atoms with E-state index >= 15 is 0 Å². The van der Waals surface area contributed by atoms with Gasteiger partial charge in [-0.25, -0.2) is 5.43 Å². The van der Waals surface area contributed by atoms with Crippen LogP contribution in [0.2, 0.25) is 0 Å². The minimum atomic E-state index is -0.171. The summed E-state index contributed by atoms with van der Waals surface area (Å²) in [5, 5.41) is 8.37. The van der Waals surface area contributed by atoms with Crippen LogP contribution in [0.25, 0.3) is 0 Å². The Hall–Kier alpha value is -1.98. The number of rotatable bonds is 5. The smallest absolute Gasteiger partial charge is 0.124 e. The second kappa shape index (κ2) is 6.45. The lowest BCUT2D eigenvalue weighted by molar-refractivity contribution is 0.404. The lowest BCUT2D eigenvalue weighted by Gasteiger charge is -2.21. The van der Waals surface area contributed by atoms with Gasteiger partial charge in [-0.2, -0.15) is 10.2 Å². The van der Waals surface area contributed by atoms with E-state index in [0.29, 0.717) is 0 Å². The molecule has 0 amide bonds. The van der Waals surface area contributed by atoms with Gasteiger partial charge in [-0.1, -0.05) is 25.1 Å². The van der Waals surface area contributed by atoms with Gasteiger partial charge in [0.05, 0.1) is 24.5 Å². The third-order valence-electron chi connectivity index (χ3n) is 3.29. The number of aromatic nitrogens is 2. The molecule has 1 aromatic heterocycles. The zero-order valence-corrected chi connectivity index (χ0v) is 12.1. The molecule has 0 spiro atoms. The fourth-order valence-electron chi connectivity index (χ4n) is 2.31. The maximum Gasteiger partial charge on any atom is 0.124 e. The van der Waals surface area contributed by atoms with Gasteiger partial charge in [0.15, 0.2) is 0 Å². The Morgan fingerprint density at radius 1 is 1.25 bits per heavy atom. The van der Waals surface area contributed by atoms with Gasteiger partial charge >= 0.3 is 0 Å². The molecule has 0 saturated carbocycles. The molecule has 1 atom stereocenters. The topological polar surface area (TPSA) is 73.1 Å². The molecule has 3 N–H and O–H groups in total. The summed E-state index contributed by atoms with van der Waals surface area (Å²) >= 11 is 0. The highest BCUT2D eigenvalue weighted by Gasteiger charge is 2.20. The molecule has 0 saturated heterocycles. The summed E-state index contributed by atoms with van der Waals surface area (Å²) < 4.78 is 5.42. The van der Waals surface area contributed by atoms with Gasteiger partial charge in [0.2, 0.25) is 0 Å². The number of nitrogens with zero attached hydrogens (tertiary/aromatic N) is 2. The second-order valence-electron chi connectivity index (χ2n) is 4.58. The third kappa shape index (κ3) is 2.79. The van der Waals surface area contributed by atoms with Gasteiger partial charge in [0.25, 0.3) is 0 Å². The fraction of sp³-hybridized carbons (Fsp3) is 0.333. The minimum absolute atomic E-state index is 0.171. The third-order valence-corrected chi connectivity index (χ3v) is 3.29. The van der Waals surface area contributed by atoms with Crippen LogP contribution in [-0.4, -0.2) is 17.3 Å². The molecule has 0 aliphatic rings. The van der Waals surface area contributed by atoms with E-state index in [2.05, 4.69) is 22.5 Å². The highest BCUT2D eigenvalue weighted by atomic mass is 16.5. The molecular weight excluding hydrogens is 252 g/mol. The number of ether oxygens (including phenoxy) is 1. The van der Waals surface area contributed by atoms with Crippen molar-refractivity contribution in [2.75, 3.05) is 7.11 Å². The first-order chi connectivity index (χ1) is 9.71. The van der Waals surface area contributed by atoms with E-state index < -0.39 is 0 Å². The zero-order chi connectivity index (χ0) is 14.5. The highest BCUT2D eigenvalue weighted by molar-refractivity contribution is 5.42. The van der Waals surface area contributed by atoms with E-state index in [4.69, 9.17) is 10.6 Å². The molecule has 5 heteroatoms. The fourth-order valence-corrected chi connectivity index (χ4v) is 2.31. The van der Waals surface area contributed by atoms with Crippen LogP contribution >= 0.6 is 0 Å². The van der Waals surface area contributed by atoms with Crippen molar-refractivity contribution < 1.29 is 4.74 Å². The normalized spacial score (nSPS) is 12.2. The summed E-state index contributed by atoms with van der Waals surface area (Å²) in [6.07, 6.45) is 0.802. The van der Waals surface area contributed by atoms with Crippen LogP contribution in [-0.2, 0) is 6.42 Å². The lowest BCUT2D eigenvalue weighted by atomic mass is 9.96. The number of benzene rings is 1. The van der Waals surface area contributed by atoms with Crippen molar-refractivity contribution in [1.82, 2.24) is 15.6 Å². The van der Waals surface area contributed by atoms with Crippen LogP contribution in [0.4, 0.5) is 0 Å². The molecule has 106 valence electrons. The first-order valence-electron chi connectivity index (χ1n) is 6.63. The highest BCUT2D eigenvalue weighted by Crippen LogP contribution is 2.30. The zero-order valence-electron chi connectivity index (χ0n) is 12.1. The quantitative estimate of drug-likeness (QED) is 0.642. The molecular formula is C15H20N4O. The maximum absolute atomic E-state index is 5.78. The van der Waals surface area contributed by atoms with E-state index in [1.165, 1.54) is 0 Å². The summed E-state index contributed by atoms with van der Waals surface area (Å²) in [6.45, 7) is 3.98. The summed E-state index contributed by atoms with van der Waals surface area (Å²) in [5.41, 5.74) is 6.69. The first kappa shape index (κ1) is 14.4. The molecule has 2 aromatic rings. The Morgan fingerprint density at radius 3 is 2.65 bits per heavy atom. The molecule has 1 heterocycles.